The molecule has 5 atom stereocenters. The summed E-state index contributed by atoms with van der Waals surface area (Å²) in [5, 5.41) is 40.4. The van der Waals surface area contributed by atoms with Crippen LogP contribution in [0.1, 0.15) is 19.8 Å². The Bertz CT molecular complexity index is 827. The SMILES string of the molecule is C=C(C)CCC1(On2cnc3c(N)ncnc32)O[C@H](CO)[C@@H](O)[C@H](O)[C@H]1O. The van der Waals surface area contributed by atoms with E-state index in [1.54, 1.807) is 6.92 Å². The summed E-state index contributed by atoms with van der Waals surface area (Å²) < 4.78 is 6.87. The minimum Gasteiger partial charge on any atom is -0.394 e. The number of ether oxygens (including phenoxy) is 1. The molecule has 2 aromatic rings. The van der Waals surface area contributed by atoms with Gasteiger partial charge in [0.05, 0.1) is 6.61 Å². The number of nitrogens with two attached hydrogens (primary N) is 1. The van der Waals surface area contributed by atoms with Crippen molar-refractivity contribution in [1.29, 1.82) is 0 Å². The second-order valence-corrected chi connectivity index (χ2v) is 6.63. The average Bonchev–Trinajstić information content (AvgIpc) is 3.05. The lowest BCUT2D eigenvalue weighted by molar-refractivity contribution is -0.364. The van der Waals surface area contributed by atoms with Crippen LogP contribution in [0.15, 0.2) is 24.8 Å². The second kappa shape index (κ2) is 7.37. The first-order chi connectivity index (χ1) is 12.8. The lowest BCUT2D eigenvalue weighted by Crippen LogP contribution is -2.68. The largest absolute Gasteiger partial charge is 0.394 e. The minimum atomic E-state index is -1.79. The first-order valence-electron chi connectivity index (χ1n) is 8.39. The zero-order chi connectivity index (χ0) is 19.8. The summed E-state index contributed by atoms with van der Waals surface area (Å²) >= 11 is 0. The van der Waals surface area contributed by atoms with Crippen LogP contribution in [0.25, 0.3) is 11.2 Å². The molecule has 0 radical (unpaired) electrons. The van der Waals surface area contributed by atoms with Crippen molar-refractivity contribution in [2.75, 3.05) is 12.3 Å². The van der Waals surface area contributed by atoms with Gasteiger partial charge < -0.3 is 35.7 Å². The highest BCUT2D eigenvalue weighted by atomic mass is 16.8. The Morgan fingerprint density at radius 3 is 2.74 bits per heavy atom. The van der Waals surface area contributed by atoms with E-state index in [0.29, 0.717) is 6.42 Å². The number of hydrogen-bond donors (Lipinski definition) is 5. The molecule has 1 aliphatic heterocycles. The van der Waals surface area contributed by atoms with E-state index >= 15 is 0 Å². The van der Waals surface area contributed by atoms with Crippen molar-refractivity contribution in [3.05, 3.63) is 24.8 Å². The molecular formula is C16H23N5O6. The molecule has 6 N–H and O–H groups in total. The molecule has 0 spiro atoms. The fourth-order valence-corrected chi connectivity index (χ4v) is 2.99. The van der Waals surface area contributed by atoms with Gasteiger partial charge in [-0.25, -0.2) is 15.0 Å². The minimum absolute atomic E-state index is 0.0873. The molecule has 0 aliphatic carbocycles. The normalized spacial score (nSPS) is 31.1. The molecule has 27 heavy (non-hydrogen) atoms. The Morgan fingerprint density at radius 1 is 1.33 bits per heavy atom. The van der Waals surface area contributed by atoms with Crippen LogP contribution in [-0.4, -0.2) is 76.9 Å². The number of imidazole rings is 1. The molecule has 1 unspecified atom stereocenters. The Balaban J connectivity index is 2.01. The number of hydrogen-bond acceptors (Lipinski definition) is 10. The number of aliphatic hydroxyl groups excluding tert-OH is 4. The quantitative estimate of drug-likeness (QED) is 0.366. The van der Waals surface area contributed by atoms with Crippen LogP contribution in [-0.2, 0) is 4.74 Å². The lowest BCUT2D eigenvalue weighted by atomic mass is 9.89. The third-order valence-corrected chi connectivity index (χ3v) is 4.52. The fraction of sp³-hybridized carbons (Fsp3) is 0.562. The number of nitrogen functional groups attached to an aromatic ring is 1. The zero-order valence-corrected chi connectivity index (χ0v) is 14.8. The molecule has 1 aliphatic rings. The first-order valence-corrected chi connectivity index (χ1v) is 8.39. The standard InChI is InChI=1S/C16H23N5O6/c1-8(2)3-4-16(13(25)12(24)11(23)9(5-22)26-16)27-21-7-20-10-14(17)18-6-19-15(10)21/h6-7,9,11-13,22-25H,1,3-5H2,2H3,(H2,17,18,19)/t9-,11-,12+,13-,16?/m1/s1. The number of rotatable bonds is 6. The maximum atomic E-state index is 10.6. The number of fused-ring (bicyclic) bond motifs is 1. The van der Waals surface area contributed by atoms with Crippen molar-refractivity contribution in [2.24, 2.45) is 0 Å². The van der Waals surface area contributed by atoms with Gasteiger partial charge in [-0.05, 0) is 13.3 Å². The molecule has 2 aromatic heterocycles. The molecule has 0 aromatic carbocycles. The molecule has 1 fully saturated rings. The summed E-state index contributed by atoms with van der Waals surface area (Å²) in [6.45, 7) is 5.03. The van der Waals surface area contributed by atoms with Gasteiger partial charge in [0.25, 0.3) is 5.79 Å². The Hall–Kier alpha value is -2.31. The average molecular weight is 381 g/mol. The predicted octanol–water partition coefficient (Wildman–Crippen LogP) is -1.64. The van der Waals surface area contributed by atoms with E-state index in [-0.39, 0.29) is 23.4 Å². The first kappa shape index (κ1) is 19.5. The van der Waals surface area contributed by atoms with Crippen LogP contribution in [0.3, 0.4) is 0 Å². The summed E-state index contributed by atoms with van der Waals surface area (Å²) in [4.78, 5) is 17.9. The number of aliphatic hydroxyl groups is 4. The molecule has 3 heterocycles. The molecule has 148 valence electrons. The molecule has 0 amide bonds. The highest BCUT2D eigenvalue weighted by Gasteiger charge is 2.56. The fourth-order valence-electron chi connectivity index (χ4n) is 2.99. The van der Waals surface area contributed by atoms with Gasteiger partial charge in [0.2, 0.25) is 5.65 Å². The van der Waals surface area contributed by atoms with Crippen LogP contribution in [0.5, 0.6) is 0 Å². The van der Waals surface area contributed by atoms with Crippen molar-refractivity contribution in [1.82, 2.24) is 19.7 Å². The van der Waals surface area contributed by atoms with E-state index < -0.39 is 36.8 Å². The Kier molecular flexibility index (Phi) is 5.31. The summed E-state index contributed by atoms with van der Waals surface area (Å²) in [7, 11) is 0. The van der Waals surface area contributed by atoms with Gasteiger partial charge in [-0.3, -0.25) is 0 Å². The van der Waals surface area contributed by atoms with Gasteiger partial charge in [0, 0.05) is 6.42 Å². The zero-order valence-electron chi connectivity index (χ0n) is 14.8. The summed E-state index contributed by atoms with van der Waals surface area (Å²) in [6, 6.07) is 0. The van der Waals surface area contributed by atoms with Gasteiger partial charge in [-0.2, -0.15) is 0 Å². The molecule has 1 saturated heterocycles. The van der Waals surface area contributed by atoms with Crippen LogP contribution < -0.4 is 10.6 Å². The molecule has 11 heteroatoms. The van der Waals surface area contributed by atoms with Crippen molar-refractivity contribution >= 4 is 17.0 Å². The number of anilines is 1. The predicted molar refractivity (Wildman–Crippen MR) is 93.1 cm³/mol. The van der Waals surface area contributed by atoms with Crippen molar-refractivity contribution in [3.8, 4) is 0 Å². The van der Waals surface area contributed by atoms with Crippen LogP contribution >= 0.6 is 0 Å². The van der Waals surface area contributed by atoms with Crippen molar-refractivity contribution < 1.29 is 30.0 Å². The van der Waals surface area contributed by atoms with Gasteiger partial charge in [-0.1, -0.05) is 5.57 Å². The van der Waals surface area contributed by atoms with Crippen LogP contribution in [0, 0.1) is 0 Å². The van der Waals surface area contributed by atoms with E-state index in [2.05, 4.69) is 21.5 Å². The topological polar surface area (TPSA) is 169 Å². The molecule has 0 bridgehead atoms. The molecule has 0 saturated carbocycles. The summed E-state index contributed by atoms with van der Waals surface area (Å²) in [5.74, 6) is -1.65. The number of allylic oxidation sites excluding steroid dienone is 1. The van der Waals surface area contributed by atoms with Gasteiger partial charge in [0.1, 0.15) is 37.1 Å². The van der Waals surface area contributed by atoms with E-state index in [4.69, 9.17) is 15.3 Å². The van der Waals surface area contributed by atoms with Crippen LogP contribution in [0.2, 0.25) is 0 Å². The third kappa shape index (κ3) is 3.47. The smallest absolute Gasteiger partial charge is 0.264 e. The highest BCUT2D eigenvalue weighted by molar-refractivity contribution is 5.80. The summed E-state index contributed by atoms with van der Waals surface area (Å²) in [5.41, 5.74) is 7.07. The Labute approximate surface area is 154 Å². The summed E-state index contributed by atoms with van der Waals surface area (Å²) in [6.07, 6.45) is -2.88. The van der Waals surface area contributed by atoms with Crippen molar-refractivity contribution in [2.45, 2.75) is 50.0 Å². The van der Waals surface area contributed by atoms with E-state index in [9.17, 15) is 20.4 Å². The third-order valence-electron chi connectivity index (χ3n) is 4.52. The lowest BCUT2D eigenvalue weighted by Gasteiger charge is -2.47. The number of nitrogens with zero attached hydrogens (tertiary/aromatic N) is 4. The Morgan fingerprint density at radius 2 is 2.07 bits per heavy atom. The van der Waals surface area contributed by atoms with E-state index in [1.807, 2.05) is 0 Å². The highest BCUT2D eigenvalue weighted by Crippen LogP contribution is 2.34. The number of aromatic nitrogens is 4. The van der Waals surface area contributed by atoms with Gasteiger partial charge in [-0.15, -0.1) is 11.3 Å². The maximum absolute atomic E-state index is 10.6. The van der Waals surface area contributed by atoms with Gasteiger partial charge in [0.15, 0.2) is 11.3 Å². The molecule has 3 rings (SSSR count). The maximum Gasteiger partial charge on any atom is 0.264 e. The van der Waals surface area contributed by atoms with E-state index in [0.717, 1.165) is 10.3 Å². The second-order valence-electron chi connectivity index (χ2n) is 6.63. The molecule has 11 nitrogen and oxygen atoms in total. The monoisotopic (exact) mass is 381 g/mol. The van der Waals surface area contributed by atoms with Crippen LogP contribution in [0.4, 0.5) is 5.82 Å². The van der Waals surface area contributed by atoms with Gasteiger partial charge >= 0.3 is 0 Å². The van der Waals surface area contributed by atoms with E-state index in [1.165, 1.54) is 12.7 Å². The molecular weight excluding hydrogens is 358 g/mol. The van der Waals surface area contributed by atoms with Crippen molar-refractivity contribution in [3.63, 3.8) is 0 Å².